The number of hydrogen-bond donors (Lipinski definition) is 2. The highest BCUT2D eigenvalue weighted by atomic mass is 16.4. The van der Waals surface area contributed by atoms with Crippen molar-refractivity contribution in [3.63, 3.8) is 0 Å². The molecule has 1 aromatic rings. The first-order chi connectivity index (χ1) is 8.65. The lowest BCUT2D eigenvalue weighted by Crippen LogP contribution is -2.38. The van der Waals surface area contributed by atoms with Gasteiger partial charge in [0.25, 0.3) is 0 Å². The van der Waals surface area contributed by atoms with Crippen molar-refractivity contribution < 1.29 is 9.90 Å². The van der Waals surface area contributed by atoms with Crippen LogP contribution >= 0.6 is 0 Å². The van der Waals surface area contributed by atoms with E-state index in [1.54, 1.807) is 6.07 Å². The lowest BCUT2D eigenvalue weighted by molar-refractivity contribution is -0.141. The molecular formula is C12H14N4O2. The molecule has 2 N–H and O–H groups in total. The van der Waals surface area contributed by atoms with Crippen molar-refractivity contribution in [1.82, 2.24) is 10.2 Å². The van der Waals surface area contributed by atoms with Gasteiger partial charge < -0.3 is 10.4 Å². The predicted molar refractivity (Wildman–Crippen MR) is 63.8 cm³/mol. The molecule has 0 aliphatic heterocycles. The van der Waals surface area contributed by atoms with Crippen molar-refractivity contribution in [2.75, 3.05) is 11.9 Å². The van der Waals surface area contributed by atoms with E-state index in [9.17, 15) is 4.79 Å². The number of rotatable bonds is 5. The van der Waals surface area contributed by atoms with Gasteiger partial charge in [0.1, 0.15) is 6.07 Å². The first-order valence-corrected chi connectivity index (χ1v) is 5.83. The Labute approximate surface area is 105 Å². The zero-order valence-corrected chi connectivity index (χ0v) is 9.89. The number of anilines is 1. The van der Waals surface area contributed by atoms with Crippen LogP contribution in [0.25, 0.3) is 0 Å². The van der Waals surface area contributed by atoms with Gasteiger partial charge in [0.05, 0.1) is 18.2 Å². The summed E-state index contributed by atoms with van der Waals surface area (Å²) in [5, 5.41) is 28.4. The smallest absolute Gasteiger partial charge is 0.303 e. The minimum Gasteiger partial charge on any atom is -0.481 e. The van der Waals surface area contributed by atoms with E-state index < -0.39 is 5.97 Å². The molecule has 1 aliphatic carbocycles. The first-order valence-electron chi connectivity index (χ1n) is 5.83. The number of aromatic nitrogens is 2. The lowest BCUT2D eigenvalue weighted by Gasteiger charge is -2.41. The van der Waals surface area contributed by atoms with Crippen LogP contribution in [0.5, 0.6) is 0 Å². The van der Waals surface area contributed by atoms with Crippen LogP contribution in [0.2, 0.25) is 0 Å². The first kappa shape index (κ1) is 12.3. The van der Waals surface area contributed by atoms with Crippen LogP contribution in [-0.2, 0) is 4.79 Å². The Kier molecular flexibility index (Phi) is 3.42. The number of aliphatic carboxylic acids is 1. The summed E-state index contributed by atoms with van der Waals surface area (Å²) < 4.78 is 0. The third-order valence-corrected chi connectivity index (χ3v) is 3.41. The molecule has 0 bridgehead atoms. The molecule has 0 saturated heterocycles. The highest BCUT2D eigenvalue weighted by Crippen LogP contribution is 2.43. The number of nitrogens with one attached hydrogen (secondary N) is 1. The number of hydrogen-bond acceptors (Lipinski definition) is 5. The number of carbonyl (C=O) groups is 1. The summed E-state index contributed by atoms with van der Waals surface area (Å²) in [6.07, 6.45) is 4.46. The topological polar surface area (TPSA) is 98.9 Å². The molecule has 0 atom stereocenters. The third kappa shape index (κ3) is 2.56. The Bertz CT molecular complexity index is 491. The molecule has 1 aromatic heterocycles. The summed E-state index contributed by atoms with van der Waals surface area (Å²) in [7, 11) is 0. The molecule has 6 heteroatoms. The number of nitrogens with zero attached hydrogens (tertiary/aromatic N) is 3. The third-order valence-electron chi connectivity index (χ3n) is 3.41. The number of carboxylic acid groups (broad SMARTS) is 1. The van der Waals surface area contributed by atoms with Gasteiger partial charge in [0, 0.05) is 6.54 Å². The van der Waals surface area contributed by atoms with E-state index >= 15 is 0 Å². The largest absolute Gasteiger partial charge is 0.481 e. The maximum absolute atomic E-state index is 10.8. The van der Waals surface area contributed by atoms with Crippen LogP contribution in [0.1, 0.15) is 31.2 Å². The molecule has 0 amide bonds. The van der Waals surface area contributed by atoms with Crippen molar-refractivity contribution in [3.8, 4) is 6.07 Å². The molecule has 18 heavy (non-hydrogen) atoms. The normalized spacial score (nSPS) is 16.4. The van der Waals surface area contributed by atoms with E-state index in [0.717, 1.165) is 19.3 Å². The second-order valence-corrected chi connectivity index (χ2v) is 4.68. The Morgan fingerprint density at radius 3 is 2.94 bits per heavy atom. The molecule has 1 heterocycles. The SMILES string of the molecule is N#Cc1ccnnc1NCC1(CC(=O)O)CCC1. The molecule has 94 valence electrons. The second kappa shape index (κ2) is 5.00. The molecule has 0 radical (unpaired) electrons. The monoisotopic (exact) mass is 246 g/mol. The van der Waals surface area contributed by atoms with E-state index in [0.29, 0.717) is 17.9 Å². The molecule has 6 nitrogen and oxygen atoms in total. The summed E-state index contributed by atoms with van der Waals surface area (Å²) in [5.74, 6) is -0.354. The number of carboxylic acids is 1. The van der Waals surface area contributed by atoms with E-state index in [-0.39, 0.29) is 11.8 Å². The van der Waals surface area contributed by atoms with Crippen LogP contribution in [0.15, 0.2) is 12.3 Å². The van der Waals surface area contributed by atoms with Gasteiger partial charge in [-0.3, -0.25) is 4.79 Å². The standard InChI is InChI=1S/C12H14N4O2/c13-7-9-2-5-15-16-11(9)14-8-12(3-1-4-12)6-10(17)18/h2,5H,1,3-4,6,8H2,(H,14,16)(H,17,18). The maximum atomic E-state index is 10.8. The zero-order valence-electron chi connectivity index (χ0n) is 9.89. The molecule has 0 spiro atoms. The van der Waals surface area contributed by atoms with Gasteiger partial charge in [-0.2, -0.15) is 10.4 Å². The van der Waals surface area contributed by atoms with Gasteiger partial charge in [0.15, 0.2) is 5.82 Å². The molecule has 1 saturated carbocycles. The fourth-order valence-corrected chi connectivity index (χ4v) is 2.24. The van der Waals surface area contributed by atoms with Crippen molar-refractivity contribution in [2.24, 2.45) is 5.41 Å². The molecule has 1 fully saturated rings. The Balaban J connectivity index is 2.02. The van der Waals surface area contributed by atoms with E-state index in [1.165, 1.54) is 6.20 Å². The molecular weight excluding hydrogens is 232 g/mol. The van der Waals surface area contributed by atoms with Crippen molar-refractivity contribution in [1.29, 1.82) is 5.26 Å². The Hall–Kier alpha value is -2.16. The van der Waals surface area contributed by atoms with Gasteiger partial charge in [-0.05, 0) is 24.3 Å². The highest BCUT2D eigenvalue weighted by molar-refractivity contribution is 5.68. The van der Waals surface area contributed by atoms with Gasteiger partial charge in [-0.25, -0.2) is 0 Å². The Morgan fingerprint density at radius 1 is 1.61 bits per heavy atom. The van der Waals surface area contributed by atoms with Gasteiger partial charge in [-0.1, -0.05) is 6.42 Å². The quantitative estimate of drug-likeness (QED) is 0.814. The van der Waals surface area contributed by atoms with E-state index in [1.807, 2.05) is 6.07 Å². The molecule has 2 rings (SSSR count). The molecule has 0 unspecified atom stereocenters. The lowest BCUT2D eigenvalue weighted by atomic mass is 9.66. The van der Waals surface area contributed by atoms with Crippen molar-refractivity contribution in [2.45, 2.75) is 25.7 Å². The van der Waals surface area contributed by atoms with Crippen LogP contribution < -0.4 is 5.32 Å². The van der Waals surface area contributed by atoms with Crippen LogP contribution in [0, 0.1) is 16.7 Å². The average molecular weight is 246 g/mol. The van der Waals surface area contributed by atoms with Crippen LogP contribution in [-0.4, -0.2) is 27.8 Å². The zero-order chi connectivity index (χ0) is 13.0. The van der Waals surface area contributed by atoms with E-state index in [2.05, 4.69) is 15.5 Å². The van der Waals surface area contributed by atoms with Gasteiger partial charge >= 0.3 is 5.97 Å². The fourth-order valence-electron chi connectivity index (χ4n) is 2.24. The van der Waals surface area contributed by atoms with Crippen LogP contribution in [0.3, 0.4) is 0 Å². The van der Waals surface area contributed by atoms with Crippen molar-refractivity contribution in [3.05, 3.63) is 17.8 Å². The maximum Gasteiger partial charge on any atom is 0.303 e. The second-order valence-electron chi connectivity index (χ2n) is 4.68. The van der Waals surface area contributed by atoms with Crippen LogP contribution in [0.4, 0.5) is 5.82 Å². The molecule has 0 aromatic carbocycles. The fraction of sp³-hybridized carbons (Fsp3) is 0.500. The van der Waals surface area contributed by atoms with Crippen molar-refractivity contribution >= 4 is 11.8 Å². The minimum atomic E-state index is -0.781. The van der Waals surface area contributed by atoms with Gasteiger partial charge in [0.2, 0.25) is 0 Å². The summed E-state index contributed by atoms with van der Waals surface area (Å²) >= 11 is 0. The summed E-state index contributed by atoms with van der Waals surface area (Å²) in [5.41, 5.74) is 0.227. The Morgan fingerprint density at radius 2 is 2.39 bits per heavy atom. The average Bonchev–Trinajstić information content (AvgIpc) is 2.32. The summed E-state index contributed by atoms with van der Waals surface area (Å²) in [6, 6.07) is 3.61. The number of nitriles is 1. The van der Waals surface area contributed by atoms with Gasteiger partial charge in [-0.15, -0.1) is 5.10 Å². The predicted octanol–water partition coefficient (Wildman–Crippen LogP) is 1.41. The minimum absolute atomic E-state index is 0.155. The van der Waals surface area contributed by atoms with E-state index in [4.69, 9.17) is 10.4 Å². The highest BCUT2D eigenvalue weighted by Gasteiger charge is 2.38. The summed E-state index contributed by atoms with van der Waals surface area (Å²) in [4.78, 5) is 10.8. The molecule has 1 aliphatic rings. The summed E-state index contributed by atoms with van der Waals surface area (Å²) in [6.45, 7) is 0.521.